The van der Waals surface area contributed by atoms with Crippen LogP contribution in [0.1, 0.15) is 50.2 Å². The Bertz CT molecular complexity index is 377. The first-order valence-electron chi connectivity index (χ1n) is 7.57. The van der Waals surface area contributed by atoms with Crippen LogP contribution in [0.4, 0.5) is 0 Å². The van der Waals surface area contributed by atoms with Gasteiger partial charge in [0.05, 0.1) is 12.7 Å². The minimum Gasteiger partial charge on any atom is -0.388 e. The number of hydrogen-bond donors (Lipinski definition) is 2. The van der Waals surface area contributed by atoms with E-state index in [1.54, 1.807) is 0 Å². The van der Waals surface area contributed by atoms with Crippen molar-refractivity contribution in [2.24, 2.45) is 11.7 Å². The van der Waals surface area contributed by atoms with Crippen LogP contribution in [0, 0.1) is 5.92 Å². The summed E-state index contributed by atoms with van der Waals surface area (Å²) in [7, 11) is 0. The molecule has 1 aliphatic rings. The number of benzene rings is 1. The lowest BCUT2D eigenvalue weighted by Crippen LogP contribution is -2.11. The Morgan fingerprint density at radius 2 is 1.90 bits per heavy atom. The van der Waals surface area contributed by atoms with Crippen molar-refractivity contribution in [3.8, 4) is 0 Å². The first-order valence-corrected chi connectivity index (χ1v) is 8.31. The molecule has 1 aliphatic carbocycles. The van der Waals surface area contributed by atoms with Crippen LogP contribution in [0.5, 0.6) is 0 Å². The maximum atomic E-state index is 9.84. The van der Waals surface area contributed by atoms with Gasteiger partial charge >= 0.3 is 0 Å². The number of aliphatic hydroxyl groups excluding tert-OH is 1. The summed E-state index contributed by atoms with van der Waals surface area (Å²) in [6.07, 6.45) is 6.86. The maximum Gasteiger partial charge on any atom is 0.0802 e. The molecular weight excluding hydrogens is 270 g/mol. The van der Waals surface area contributed by atoms with Crippen LogP contribution >= 0.6 is 12.0 Å². The van der Waals surface area contributed by atoms with E-state index in [0.29, 0.717) is 13.0 Å². The Kier molecular flexibility index (Phi) is 6.87. The maximum absolute atomic E-state index is 9.84. The normalized spacial score (nSPS) is 18.1. The van der Waals surface area contributed by atoms with Gasteiger partial charge in [-0.05, 0) is 49.4 Å². The average Bonchev–Trinajstić information content (AvgIpc) is 2.49. The van der Waals surface area contributed by atoms with Crippen LogP contribution in [0.2, 0.25) is 0 Å². The summed E-state index contributed by atoms with van der Waals surface area (Å²) in [4.78, 5) is 1.09. The van der Waals surface area contributed by atoms with Gasteiger partial charge in [-0.15, -0.1) is 0 Å². The van der Waals surface area contributed by atoms with E-state index < -0.39 is 6.10 Å². The van der Waals surface area contributed by atoms with Gasteiger partial charge in [0.2, 0.25) is 0 Å². The monoisotopic (exact) mass is 295 g/mol. The summed E-state index contributed by atoms with van der Waals surface area (Å²) >= 11 is 1.44. The van der Waals surface area contributed by atoms with Gasteiger partial charge in [-0.2, -0.15) is 0 Å². The molecule has 0 saturated heterocycles. The van der Waals surface area contributed by atoms with Crippen molar-refractivity contribution in [3.63, 3.8) is 0 Å². The van der Waals surface area contributed by atoms with Gasteiger partial charge in [0, 0.05) is 16.9 Å². The van der Waals surface area contributed by atoms with E-state index in [1.165, 1.54) is 44.1 Å². The van der Waals surface area contributed by atoms with Crippen molar-refractivity contribution < 1.29 is 9.29 Å². The molecule has 0 heterocycles. The number of aliphatic hydroxyl groups is 1. The topological polar surface area (TPSA) is 55.5 Å². The van der Waals surface area contributed by atoms with Gasteiger partial charge in [-0.1, -0.05) is 31.4 Å². The second kappa shape index (κ2) is 8.67. The second-order valence-electron chi connectivity index (χ2n) is 5.53. The summed E-state index contributed by atoms with van der Waals surface area (Å²) in [6.45, 7) is 1.35. The molecule has 1 fully saturated rings. The van der Waals surface area contributed by atoms with Gasteiger partial charge in [-0.25, -0.2) is 0 Å². The molecule has 1 saturated carbocycles. The van der Waals surface area contributed by atoms with Crippen LogP contribution in [0.25, 0.3) is 0 Å². The fourth-order valence-corrected chi connectivity index (χ4v) is 3.27. The predicted molar refractivity (Wildman–Crippen MR) is 83.5 cm³/mol. The fraction of sp³-hybridized carbons (Fsp3) is 0.625. The third-order valence-corrected chi connectivity index (χ3v) is 4.61. The minimum atomic E-state index is -0.456. The first-order chi connectivity index (χ1) is 9.79. The van der Waals surface area contributed by atoms with Crippen LogP contribution in [0.3, 0.4) is 0 Å². The van der Waals surface area contributed by atoms with E-state index in [4.69, 9.17) is 9.92 Å². The summed E-state index contributed by atoms with van der Waals surface area (Å²) in [5, 5.41) is 9.84. The molecule has 1 aromatic carbocycles. The molecule has 0 unspecified atom stereocenters. The van der Waals surface area contributed by atoms with Gasteiger partial charge in [-0.3, -0.25) is 0 Å². The van der Waals surface area contributed by atoms with Crippen molar-refractivity contribution in [1.82, 2.24) is 0 Å². The lowest BCUT2D eigenvalue weighted by atomic mass is 9.90. The van der Waals surface area contributed by atoms with Crippen LogP contribution < -0.4 is 5.73 Å². The highest BCUT2D eigenvalue weighted by molar-refractivity contribution is 7.94. The lowest BCUT2D eigenvalue weighted by Gasteiger charge is -2.20. The Morgan fingerprint density at radius 1 is 1.20 bits per heavy atom. The summed E-state index contributed by atoms with van der Waals surface area (Å²) in [6, 6.07) is 7.90. The standard InChI is InChI=1S/C16H25NO2S/c17-11-10-16(18)14-6-8-15(9-7-14)20-19-12-13-4-2-1-3-5-13/h6-9,13,16,18H,1-5,10-12,17H2/t16-/m1/s1. The zero-order valence-corrected chi connectivity index (χ0v) is 12.8. The molecule has 0 amide bonds. The molecule has 0 spiro atoms. The number of rotatable bonds is 7. The highest BCUT2D eigenvalue weighted by Crippen LogP contribution is 2.27. The minimum absolute atomic E-state index is 0.456. The number of nitrogens with two attached hydrogens (primary N) is 1. The highest BCUT2D eigenvalue weighted by Gasteiger charge is 2.13. The molecule has 0 bridgehead atoms. The molecule has 0 radical (unpaired) electrons. The molecule has 4 heteroatoms. The summed E-state index contributed by atoms with van der Waals surface area (Å²) in [5.74, 6) is 0.738. The van der Waals surface area contributed by atoms with E-state index in [1.807, 2.05) is 24.3 Å². The Labute approximate surface area is 126 Å². The molecule has 0 aliphatic heterocycles. The van der Waals surface area contributed by atoms with Gasteiger partial charge < -0.3 is 15.0 Å². The van der Waals surface area contributed by atoms with Crippen LogP contribution in [0.15, 0.2) is 29.2 Å². The van der Waals surface area contributed by atoms with E-state index in [2.05, 4.69) is 0 Å². The molecule has 0 aromatic heterocycles. The molecule has 1 aromatic rings. The smallest absolute Gasteiger partial charge is 0.0802 e. The molecule has 3 nitrogen and oxygen atoms in total. The lowest BCUT2D eigenvalue weighted by molar-refractivity contribution is 0.170. The van der Waals surface area contributed by atoms with Gasteiger partial charge in [0.1, 0.15) is 0 Å². The molecule has 112 valence electrons. The highest BCUT2D eigenvalue weighted by atomic mass is 32.2. The van der Waals surface area contributed by atoms with Crippen molar-refractivity contribution in [3.05, 3.63) is 29.8 Å². The predicted octanol–water partition coefficient (Wildman–Crippen LogP) is 3.67. The Morgan fingerprint density at radius 3 is 2.55 bits per heavy atom. The van der Waals surface area contributed by atoms with Crippen molar-refractivity contribution in [2.75, 3.05) is 13.2 Å². The molecule has 1 atom stereocenters. The zero-order valence-electron chi connectivity index (χ0n) is 12.0. The Hall–Kier alpha value is -0.550. The number of hydrogen-bond acceptors (Lipinski definition) is 4. The molecular formula is C16H25NO2S. The summed E-state index contributed by atoms with van der Waals surface area (Å²) in [5.41, 5.74) is 6.37. The quantitative estimate of drug-likeness (QED) is 0.754. The molecule has 20 heavy (non-hydrogen) atoms. The third kappa shape index (κ3) is 5.09. The SMILES string of the molecule is NCC[C@@H](O)c1ccc(SOCC2CCCCC2)cc1. The molecule has 2 rings (SSSR count). The average molecular weight is 295 g/mol. The van der Waals surface area contributed by atoms with E-state index in [-0.39, 0.29) is 0 Å². The second-order valence-corrected chi connectivity index (χ2v) is 6.41. The molecule has 3 N–H and O–H groups in total. The summed E-state index contributed by atoms with van der Waals surface area (Å²) < 4.78 is 5.74. The Balaban J connectivity index is 1.73. The van der Waals surface area contributed by atoms with Gasteiger partial charge in [0.15, 0.2) is 0 Å². The van der Waals surface area contributed by atoms with Crippen LogP contribution in [-0.4, -0.2) is 18.3 Å². The van der Waals surface area contributed by atoms with Gasteiger partial charge in [0.25, 0.3) is 0 Å². The van der Waals surface area contributed by atoms with Crippen molar-refractivity contribution in [1.29, 1.82) is 0 Å². The third-order valence-electron chi connectivity index (χ3n) is 3.89. The van der Waals surface area contributed by atoms with E-state index in [9.17, 15) is 5.11 Å². The van der Waals surface area contributed by atoms with Crippen molar-refractivity contribution in [2.45, 2.75) is 49.5 Å². The van der Waals surface area contributed by atoms with Crippen molar-refractivity contribution >= 4 is 12.0 Å². The first kappa shape index (κ1) is 15.8. The van der Waals surface area contributed by atoms with E-state index in [0.717, 1.165) is 23.0 Å². The zero-order chi connectivity index (χ0) is 14.2. The van der Waals surface area contributed by atoms with Crippen LogP contribution in [-0.2, 0) is 4.18 Å². The fourth-order valence-electron chi connectivity index (χ4n) is 2.62. The largest absolute Gasteiger partial charge is 0.388 e. The van der Waals surface area contributed by atoms with E-state index >= 15 is 0 Å².